The van der Waals surface area contributed by atoms with Crippen molar-refractivity contribution in [3.63, 3.8) is 0 Å². The lowest BCUT2D eigenvalue weighted by Crippen LogP contribution is -2.30. The summed E-state index contributed by atoms with van der Waals surface area (Å²) in [6.07, 6.45) is 0. The third kappa shape index (κ3) is 2.89. The first kappa shape index (κ1) is 15.8. The molecule has 0 spiro atoms. The van der Waals surface area contributed by atoms with Crippen LogP contribution in [0.1, 0.15) is 11.1 Å². The summed E-state index contributed by atoms with van der Waals surface area (Å²) in [5, 5.41) is 9.85. The summed E-state index contributed by atoms with van der Waals surface area (Å²) in [6, 6.07) is 11.2. The smallest absolute Gasteiger partial charge is 0.326 e. The lowest BCUT2D eigenvalue weighted by Gasteiger charge is -2.17. The minimum Gasteiger partial charge on any atom is -0.506 e. The monoisotopic (exact) mass is 346 g/mol. The number of halogens is 1. The molecular weight excluding hydrogens is 335 g/mol. The molecule has 1 heterocycles. The van der Waals surface area contributed by atoms with Crippen molar-refractivity contribution in [3.05, 3.63) is 59.4 Å². The normalized spacial score (nSPS) is 15.5. The van der Waals surface area contributed by atoms with E-state index in [9.17, 15) is 22.7 Å². The van der Waals surface area contributed by atoms with E-state index >= 15 is 0 Å². The number of nitrogens with zero attached hydrogens (tertiary/aromatic N) is 1. The Labute approximate surface area is 137 Å². The molecule has 0 unspecified atom stereocenters. The molecule has 8 heteroatoms. The van der Waals surface area contributed by atoms with Crippen LogP contribution in [0.15, 0.2) is 42.5 Å². The van der Waals surface area contributed by atoms with E-state index in [2.05, 4.69) is 11.8 Å². The number of carbonyl (C=O) groups excluding carboxylic acids is 1. The van der Waals surface area contributed by atoms with Crippen LogP contribution in [0, 0.1) is 17.7 Å². The summed E-state index contributed by atoms with van der Waals surface area (Å²) >= 11 is 0. The van der Waals surface area contributed by atoms with Crippen molar-refractivity contribution in [1.29, 1.82) is 0 Å². The average molecular weight is 346 g/mol. The predicted octanol–water partition coefficient (Wildman–Crippen LogP) is 1.11. The summed E-state index contributed by atoms with van der Waals surface area (Å²) in [4.78, 5) is 11.3. The number of phenolic OH excluding ortho intramolecular Hbond substituents is 1. The van der Waals surface area contributed by atoms with Crippen molar-refractivity contribution >= 4 is 21.8 Å². The Balaban J connectivity index is 2.07. The maximum atomic E-state index is 14.7. The Bertz CT molecular complexity index is 978. The third-order valence-electron chi connectivity index (χ3n) is 3.28. The number of hydrogen-bond acceptors (Lipinski definition) is 4. The number of hydrogen-bond donors (Lipinski definition) is 2. The van der Waals surface area contributed by atoms with Gasteiger partial charge in [0.1, 0.15) is 18.0 Å². The third-order valence-corrected chi connectivity index (χ3v) is 4.66. The summed E-state index contributed by atoms with van der Waals surface area (Å²) in [5.74, 6) is 2.92. The molecule has 1 amide bonds. The molecule has 0 atom stereocenters. The fourth-order valence-corrected chi connectivity index (χ4v) is 3.36. The standard InChI is InChI=1S/C16H11FN2O4S/c17-15-12(7-6-11-4-2-1-3-5-11)8-9-13(20)16(15)19-10-14(21)18-24(19,22)23/h1-5,8-9,20H,10H2,(H,18,21). The predicted molar refractivity (Wildman–Crippen MR) is 84.9 cm³/mol. The molecule has 0 bridgehead atoms. The van der Waals surface area contributed by atoms with Gasteiger partial charge in [-0.15, -0.1) is 0 Å². The van der Waals surface area contributed by atoms with Gasteiger partial charge in [0.05, 0.1) is 5.56 Å². The topological polar surface area (TPSA) is 86.7 Å². The molecule has 1 aliphatic heterocycles. The van der Waals surface area contributed by atoms with E-state index in [4.69, 9.17) is 0 Å². The second kappa shape index (κ2) is 5.86. The van der Waals surface area contributed by atoms with Gasteiger partial charge < -0.3 is 5.11 Å². The lowest BCUT2D eigenvalue weighted by atomic mass is 10.1. The van der Waals surface area contributed by atoms with E-state index in [-0.39, 0.29) is 5.56 Å². The van der Waals surface area contributed by atoms with Gasteiger partial charge in [0.15, 0.2) is 5.82 Å². The Morgan fingerprint density at radius 3 is 2.46 bits per heavy atom. The zero-order chi connectivity index (χ0) is 17.3. The highest BCUT2D eigenvalue weighted by molar-refractivity contribution is 7.92. The van der Waals surface area contributed by atoms with E-state index in [1.54, 1.807) is 29.0 Å². The van der Waals surface area contributed by atoms with Gasteiger partial charge in [0.2, 0.25) is 0 Å². The Hall–Kier alpha value is -3.05. The highest BCUT2D eigenvalue weighted by atomic mass is 32.2. The molecule has 1 fully saturated rings. The molecule has 0 aliphatic carbocycles. The van der Waals surface area contributed by atoms with Crippen LogP contribution >= 0.6 is 0 Å². The van der Waals surface area contributed by atoms with Crippen LogP contribution in [-0.4, -0.2) is 26.0 Å². The lowest BCUT2D eigenvalue weighted by molar-refractivity contribution is -0.117. The largest absolute Gasteiger partial charge is 0.506 e. The fraction of sp³-hybridized carbons (Fsp3) is 0.0625. The quantitative estimate of drug-likeness (QED) is 0.758. The molecular formula is C16H11FN2O4S. The van der Waals surface area contributed by atoms with Gasteiger partial charge in [-0.25, -0.2) is 13.4 Å². The first-order chi connectivity index (χ1) is 11.4. The van der Waals surface area contributed by atoms with Crippen molar-refractivity contribution in [3.8, 4) is 17.6 Å². The SMILES string of the molecule is O=C1CN(c2c(O)ccc(C#Cc3ccccc3)c2F)S(=O)(=O)N1. The molecule has 2 N–H and O–H groups in total. The van der Waals surface area contributed by atoms with E-state index < -0.39 is 39.9 Å². The minimum absolute atomic E-state index is 0.0961. The zero-order valence-corrected chi connectivity index (χ0v) is 13.0. The molecule has 2 aromatic rings. The molecule has 3 rings (SSSR count). The first-order valence-corrected chi connectivity index (χ1v) is 8.24. The maximum absolute atomic E-state index is 14.7. The van der Waals surface area contributed by atoms with Crippen LogP contribution in [0.25, 0.3) is 0 Å². The first-order valence-electron chi connectivity index (χ1n) is 6.80. The van der Waals surface area contributed by atoms with E-state index in [0.717, 1.165) is 6.07 Å². The molecule has 0 aromatic heterocycles. The van der Waals surface area contributed by atoms with Gasteiger partial charge in [-0.3, -0.25) is 4.79 Å². The van der Waals surface area contributed by atoms with Crippen LogP contribution < -0.4 is 9.03 Å². The highest BCUT2D eigenvalue weighted by Crippen LogP contribution is 2.34. The minimum atomic E-state index is -4.23. The van der Waals surface area contributed by atoms with Crippen LogP contribution in [0.2, 0.25) is 0 Å². The van der Waals surface area contributed by atoms with E-state index in [0.29, 0.717) is 9.87 Å². The molecule has 0 saturated carbocycles. The van der Waals surface area contributed by atoms with Crippen LogP contribution in [-0.2, 0) is 15.0 Å². The van der Waals surface area contributed by atoms with Gasteiger partial charge in [-0.2, -0.15) is 8.42 Å². The fourth-order valence-electron chi connectivity index (χ4n) is 2.20. The van der Waals surface area contributed by atoms with Crippen LogP contribution in [0.4, 0.5) is 10.1 Å². The molecule has 1 saturated heterocycles. The molecule has 122 valence electrons. The summed E-state index contributed by atoms with van der Waals surface area (Å²) in [7, 11) is -4.23. The molecule has 6 nitrogen and oxygen atoms in total. The molecule has 1 aliphatic rings. The second-order valence-corrected chi connectivity index (χ2v) is 6.54. The Morgan fingerprint density at radius 2 is 1.83 bits per heavy atom. The Kier molecular flexibility index (Phi) is 3.87. The molecule has 24 heavy (non-hydrogen) atoms. The van der Waals surface area contributed by atoms with Crippen molar-refractivity contribution in [2.24, 2.45) is 0 Å². The van der Waals surface area contributed by atoms with Crippen LogP contribution in [0.3, 0.4) is 0 Å². The highest BCUT2D eigenvalue weighted by Gasteiger charge is 2.37. The van der Waals surface area contributed by atoms with Gasteiger partial charge >= 0.3 is 10.2 Å². The number of carbonyl (C=O) groups is 1. The van der Waals surface area contributed by atoms with Crippen LogP contribution in [0.5, 0.6) is 5.75 Å². The molecule has 2 aromatic carbocycles. The van der Waals surface area contributed by atoms with Crippen molar-refractivity contribution in [2.45, 2.75) is 0 Å². The van der Waals surface area contributed by atoms with Crippen molar-refractivity contribution in [2.75, 3.05) is 10.8 Å². The summed E-state index contributed by atoms with van der Waals surface area (Å²) in [5.41, 5.74) is -0.0495. The number of nitrogens with one attached hydrogen (secondary N) is 1. The van der Waals surface area contributed by atoms with Gasteiger partial charge in [-0.1, -0.05) is 30.0 Å². The number of benzene rings is 2. The van der Waals surface area contributed by atoms with Crippen molar-refractivity contribution in [1.82, 2.24) is 4.72 Å². The zero-order valence-electron chi connectivity index (χ0n) is 12.2. The maximum Gasteiger partial charge on any atom is 0.326 e. The molecule has 0 radical (unpaired) electrons. The van der Waals surface area contributed by atoms with E-state index in [1.165, 1.54) is 6.07 Å². The summed E-state index contributed by atoms with van der Waals surface area (Å²) in [6.45, 7) is -0.609. The van der Waals surface area contributed by atoms with Crippen molar-refractivity contribution < 1.29 is 22.7 Å². The number of anilines is 1. The number of rotatable bonds is 1. The van der Waals surface area contributed by atoms with Gasteiger partial charge in [0, 0.05) is 5.56 Å². The number of aromatic hydroxyl groups is 1. The van der Waals surface area contributed by atoms with Gasteiger partial charge in [-0.05, 0) is 24.3 Å². The summed E-state index contributed by atoms with van der Waals surface area (Å²) < 4.78 is 40.5. The average Bonchev–Trinajstić information content (AvgIpc) is 2.80. The second-order valence-electron chi connectivity index (χ2n) is 4.95. The number of phenols is 1. The number of amides is 1. The Morgan fingerprint density at radius 1 is 1.12 bits per heavy atom. The van der Waals surface area contributed by atoms with Gasteiger partial charge in [0.25, 0.3) is 5.91 Å². The van der Waals surface area contributed by atoms with E-state index in [1.807, 2.05) is 6.07 Å².